The first-order valence-corrected chi connectivity index (χ1v) is 4.50. The van der Waals surface area contributed by atoms with Crippen molar-refractivity contribution in [2.24, 2.45) is 0 Å². The third-order valence-electron chi connectivity index (χ3n) is 2.32. The molecule has 72 valence electrons. The summed E-state index contributed by atoms with van der Waals surface area (Å²) in [5, 5.41) is 11.6. The van der Waals surface area contributed by atoms with E-state index in [1.54, 1.807) is 19.3 Å². The number of aliphatic hydroxyl groups excluding tert-OH is 1. The fourth-order valence-corrected chi connectivity index (χ4v) is 1.67. The number of nitrogens with two attached hydrogens (primary N) is 1. The van der Waals surface area contributed by atoms with Crippen LogP contribution in [0.2, 0.25) is 0 Å². The van der Waals surface area contributed by atoms with Crippen LogP contribution < -0.4 is 5.73 Å². The summed E-state index contributed by atoms with van der Waals surface area (Å²) in [6.07, 6.45) is 2.89. The first-order chi connectivity index (χ1) is 6.70. The molecule has 1 heterocycles. The van der Waals surface area contributed by atoms with E-state index in [4.69, 9.17) is 5.73 Å². The van der Waals surface area contributed by atoms with E-state index in [9.17, 15) is 5.11 Å². The first kappa shape index (κ1) is 8.97. The van der Waals surface area contributed by atoms with E-state index >= 15 is 0 Å². The monoisotopic (exact) mass is 188 g/mol. The fourth-order valence-electron chi connectivity index (χ4n) is 1.67. The minimum atomic E-state index is -0.567. The van der Waals surface area contributed by atoms with Gasteiger partial charge in [-0.05, 0) is 24.4 Å². The second-order valence-electron chi connectivity index (χ2n) is 3.34. The Bertz CT molecular complexity index is 466. The molecule has 0 spiro atoms. The Morgan fingerprint density at radius 2 is 2.14 bits per heavy atom. The van der Waals surface area contributed by atoms with Gasteiger partial charge in [-0.25, -0.2) is 0 Å². The number of aliphatic hydroxyl groups is 1. The van der Waals surface area contributed by atoms with Crippen LogP contribution >= 0.6 is 0 Å². The highest BCUT2D eigenvalue weighted by Crippen LogP contribution is 2.28. The molecule has 0 aliphatic carbocycles. The van der Waals surface area contributed by atoms with Gasteiger partial charge in [-0.3, -0.25) is 4.98 Å². The maximum absolute atomic E-state index is 9.59. The second kappa shape index (κ2) is 3.27. The number of pyridine rings is 1. The van der Waals surface area contributed by atoms with Gasteiger partial charge in [-0.15, -0.1) is 0 Å². The van der Waals surface area contributed by atoms with Gasteiger partial charge in [0.05, 0.1) is 6.10 Å². The molecule has 1 aromatic carbocycles. The molecular formula is C11H12N2O. The Morgan fingerprint density at radius 1 is 1.36 bits per heavy atom. The number of fused-ring (bicyclic) bond motifs is 1. The van der Waals surface area contributed by atoms with E-state index in [0.717, 1.165) is 16.3 Å². The Labute approximate surface area is 82.2 Å². The van der Waals surface area contributed by atoms with E-state index < -0.39 is 6.10 Å². The molecule has 3 heteroatoms. The van der Waals surface area contributed by atoms with Crippen LogP contribution in [0.3, 0.4) is 0 Å². The number of rotatable bonds is 1. The van der Waals surface area contributed by atoms with Crippen molar-refractivity contribution in [2.75, 3.05) is 5.73 Å². The van der Waals surface area contributed by atoms with E-state index in [1.165, 1.54) is 0 Å². The van der Waals surface area contributed by atoms with Crippen LogP contribution in [-0.4, -0.2) is 10.1 Å². The molecular weight excluding hydrogens is 176 g/mol. The fraction of sp³-hybridized carbons (Fsp3) is 0.182. The Hall–Kier alpha value is -1.61. The smallest absolute Gasteiger partial charge is 0.0788 e. The summed E-state index contributed by atoms with van der Waals surface area (Å²) in [7, 11) is 0. The summed E-state index contributed by atoms with van der Waals surface area (Å²) in [6, 6.07) is 5.64. The lowest BCUT2D eigenvalue weighted by Gasteiger charge is -2.11. The predicted molar refractivity (Wildman–Crippen MR) is 56.8 cm³/mol. The lowest BCUT2D eigenvalue weighted by molar-refractivity contribution is 0.201. The van der Waals surface area contributed by atoms with Crippen molar-refractivity contribution in [1.29, 1.82) is 0 Å². The lowest BCUT2D eigenvalue weighted by Crippen LogP contribution is -1.99. The van der Waals surface area contributed by atoms with Gasteiger partial charge in [-0.1, -0.05) is 6.07 Å². The van der Waals surface area contributed by atoms with E-state index in [0.29, 0.717) is 5.69 Å². The highest BCUT2D eigenvalue weighted by molar-refractivity contribution is 5.89. The van der Waals surface area contributed by atoms with Crippen LogP contribution in [0, 0.1) is 0 Å². The number of hydrogen-bond donors (Lipinski definition) is 2. The Morgan fingerprint density at radius 3 is 2.86 bits per heavy atom. The second-order valence-corrected chi connectivity index (χ2v) is 3.34. The molecule has 3 nitrogen and oxygen atoms in total. The highest BCUT2D eigenvalue weighted by atomic mass is 16.3. The van der Waals surface area contributed by atoms with E-state index in [1.807, 2.05) is 18.2 Å². The highest BCUT2D eigenvalue weighted by Gasteiger charge is 2.09. The summed E-state index contributed by atoms with van der Waals surface area (Å²) in [5.74, 6) is 0. The van der Waals surface area contributed by atoms with Crippen LogP contribution in [0.15, 0.2) is 30.6 Å². The quantitative estimate of drug-likeness (QED) is 0.671. The molecule has 2 aromatic rings. The van der Waals surface area contributed by atoms with Gasteiger partial charge in [0.15, 0.2) is 0 Å². The van der Waals surface area contributed by atoms with Crippen molar-refractivity contribution in [1.82, 2.24) is 4.98 Å². The number of nitrogen functional groups attached to an aromatic ring is 1. The summed E-state index contributed by atoms with van der Waals surface area (Å²) in [5.41, 5.74) is 7.17. The van der Waals surface area contributed by atoms with Crippen molar-refractivity contribution in [3.05, 3.63) is 36.2 Å². The third kappa shape index (κ3) is 1.32. The van der Waals surface area contributed by atoms with Crippen molar-refractivity contribution >= 4 is 16.5 Å². The molecule has 0 radical (unpaired) electrons. The predicted octanol–water partition coefficient (Wildman–Crippen LogP) is 1.87. The molecule has 1 aromatic heterocycles. The molecule has 0 saturated heterocycles. The molecule has 2 rings (SSSR count). The van der Waals surface area contributed by atoms with Crippen molar-refractivity contribution in [2.45, 2.75) is 13.0 Å². The molecule has 3 N–H and O–H groups in total. The molecule has 1 unspecified atom stereocenters. The lowest BCUT2D eigenvalue weighted by atomic mass is 10.0. The van der Waals surface area contributed by atoms with Crippen LogP contribution in [0.1, 0.15) is 18.6 Å². The molecule has 14 heavy (non-hydrogen) atoms. The van der Waals surface area contributed by atoms with Crippen molar-refractivity contribution in [3.63, 3.8) is 0 Å². The minimum Gasteiger partial charge on any atom is -0.398 e. The Balaban J connectivity index is 2.83. The van der Waals surface area contributed by atoms with E-state index in [2.05, 4.69) is 4.98 Å². The number of anilines is 1. The minimum absolute atomic E-state index is 0.567. The number of benzene rings is 1. The Kier molecular flexibility index (Phi) is 2.09. The summed E-state index contributed by atoms with van der Waals surface area (Å²) in [4.78, 5) is 4.03. The van der Waals surface area contributed by atoms with Crippen LogP contribution in [-0.2, 0) is 0 Å². The van der Waals surface area contributed by atoms with Gasteiger partial charge >= 0.3 is 0 Å². The molecule has 0 saturated carbocycles. The molecule has 0 aliphatic rings. The normalized spacial score (nSPS) is 13.0. The molecule has 0 amide bonds. The summed E-state index contributed by atoms with van der Waals surface area (Å²) >= 11 is 0. The summed E-state index contributed by atoms with van der Waals surface area (Å²) < 4.78 is 0. The van der Waals surface area contributed by atoms with Gasteiger partial charge < -0.3 is 10.8 Å². The van der Waals surface area contributed by atoms with Gasteiger partial charge in [-0.2, -0.15) is 0 Å². The van der Waals surface area contributed by atoms with Gasteiger partial charge in [0.1, 0.15) is 0 Å². The first-order valence-electron chi connectivity index (χ1n) is 4.50. The zero-order chi connectivity index (χ0) is 10.1. The average molecular weight is 188 g/mol. The molecule has 0 bridgehead atoms. The van der Waals surface area contributed by atoms with Crippen LogP contribution in [0.25, 0.3) is 10.8 Å². The van der Waals surface area contributed by atoms with Gasteiger partial charge in [0.2, 0.25) is 0 Å². The maximum Gasteiger partial charge on any atom is 0.0788 e. The number of aromatic nitrogens is 1. The number of hydrogen-bond acceptors (Lipinski definition) is 3. The summed E-state index contributed by atoms with van der Waals surface area (Å²) in [6.45, 7) is 1.71. The standard InChI is InChI=1S/C11H12N2O/c1-7(14)11-9-6-13-5-4-8(9)2-3-10(11)12/h2-7,14H,12H2,1H3. The van der Waals surface area contributed by atoms with E-state index in [-0.39, 0.29) is 0 Å². The SMILES string of the molecule is CC(O)c1c(N)ccc2ccncc12. The zero-order valence-electron chi connectivity index (χ0n) is 7.94. The third-order valence-corrected chi connectivity index (χ3v) is 2.32. The molecule has 0 aliphatic heterocycles. The van der Waals surface area contributed by atoms with Crippen molar-refractivity contribution < 1.29 is 5.11 Å². The molecule has 0 fully saturated rings. The largest absolute Gasteiger partial charge is 0.398 e. The van der Waals surface area contributed by atoms with Crippen LogP contribution in [0.5, 0.6) is 0 Å². The molecule has 1 atom stereocenters. The van der Waals surface area contributed by atoms with Gasteiger partial charge in [0, 0.05) is 29.0 Å². The zero-order valence-corrected chi connectivity index (χ0v) is 7.94. The topological polar surface area (TPSA) is 59.1 Å². The number of nitrogens with zero attached hydrogens (tertiary/aromatic N) is 1. The van der Waals surface area contributed by atoms with Gasteiger partial charge in [0.25, 0.3) is 0 Å². The van der Waals surface area contributed by atoms with Crippen LogP contribution in [0.4, 0.5) is 5.69 Å². The van der Waals surface area contributed by atoms with Crippen molar-refractivity contribution in [3.8, 4) is 0 Å². The average Bonchev–Trinajstić information content (AvgIpc) is 2.17. The maximum atomic E-state index is 9.59.